The summed E-state index contributed by atoms with van der Waals surface area (Å²) in [5, 5.41) is 14.1. The Hall–Kier alpha value is -2.39. The van der Waals surface area contributed by atoms with E-state index in [0.29, 0.717) is 11.3 Å². The van der Waals surface area contributed by atoms with E-state index in [1.54, 1.807) is 31.3 Å². The number of nitrogens with one attached hydrogen (secondary N) is 2. The number of anilines is 1. The molecule has 1 unspecified atom stereocenters. The van der Waals surface area contributed by atoms with Crippen molar-refractivity contribution in [1.29, 1.82) is 5.26 Å². The van der Waals surface area contributed by atoms with Crippen LogP contribution >= 0.6 is 0 Å². The van der Waals surface area contributed by atoms with Crippen molar-refractivity contribution in [3.63, 3.8) is 0 Å². The molecule has 0 spiro atoms. The maximum Gasteiger partial charge on any atom is 0.238 e. The van der Waals surface area contributed by atoms with Crippen molar-refractivity contribution in [3.05, 3.63) is 29.8 Å². The van der Waals surface area contributed by atoms with E-state index >= 15 is 0 Å². The Morgan fingerprint density at radius 2 is 2.10 bits per heavy atom. The Bertz CT molecular complexity index is 562. The molecule has 2 amide bonds. The minimum Gasteiger partial charge on any atom is -0.358 e. The molecule has 0 radical (unpaired) electrons. The number of rotatable bonds is 4. The number of amides is 2. The highest BCUT2D eigenvalue weighted by Gasteiger charge is 2.31. The molecular formula is C15H18N4O2. The summed E-state index contributed by atoms with van der Waals surface area (Å²) in [5.41, 5.74) is 1.20. The lowest BCUT2D eigenvalue weighted by molar-refractivity contribution is -0.126. The summed E-state index contributed by atoms with van der Waals surface area (Å²) in [7, 11) is 1.61. The molecule has 1 atom stereocenters. The monoisotopic (exact) mass is 286 g/mol. The maximum absolute atomic E-state index is 12.0. The SMILES string of the molecule is CNC(=O)C1CCCN1CC(=O)Nc1ccc(C#N)cc1. The molecule has 6 nitrogen and oxygen atoms in total. The van der Waals surface area contributed by atoms with Gasteiger partial charge in [0.1, 0.15) is 0 Å². The molecule has 0 aliphatic carbocycles. The third kappa shape index (κ3) is 3.80. The Labute approximate surface area is 123 Å². The van der Waals surface area contributed by atoms with Crippen LogP contribution < -0.4 is 10.6 Å². The largest absolute Gasteiger partial charge is 0.358 e. The van der Waals surface area contributed by atoms with Crippen LogP contribution in [0, 0.1) is 11.3 Å². The first-order valence-electron chi connectivity index (χ1n) is 6.89. The molecule has 1 aliphatic heterocycles. The Morgan fingerprint density at radius 3 is 2.71 bits per heavy atom. The fourth-order valence-corrected chi connectivity index (χ4v) is 2.49. The predicted molar refractivity (Wildman–Crippen MR) is 78.4 cm³/mol. The molecular weight excluding hydrogens is 268 g/mol. The van der Waals surface area contributed by atoms with Crippen LogP contribution in [0.25, 0.3) is 0 Å². The minimum absolute atomic E-state index is 0.0429. The van der Waals surface area contributed by atoms with Crippen molar-refractivity contribution in [2.75, 3.05) is 25.5 Å². The molecule has 1 aromatic rings. The first-order chi connectivity index (χ1) is 10.1. The fraction of sp³-hybridized carbons (Fsp3) is 0.400. The summed E-state index contributed by atoms with van der Waals surface area (Å²) >= 11 is 0. The molecule has 110 valence electrons. The van der Waals surface area contributed by atoms with E-state index in [-0.39, 0.29) is 24.4 Å². The normalized spacial score (nSPS) is 18.0. The number of benzene rings is 1. The quantitative estimate of drug-likeness (QED) is 0.853. The van der Waals surface area contributed by atoms with Crippen molar-refractivity contribution in [3.8, 4) is 6.07 Å². The lowest BCUT2D eigenvalue weighted by atomic mass is 10.2. The molecule has 0 bridgehead atoms. The van der Waals surface area contributed by atoms with Crippen LogP contribution in [-0.4, -0.2) is 42.9 Å². The van der Waals surface area contributed by atoms with Crippen LogP contribution in [-0.2, 0) is 9.59 Å². The van der Waals surface area contributed by atoms with E-state index in [0.717, 1.165) is 19.4 Å². The van der Waals surface area contributed by atoms with Crippen LogP contribution in [0.2, 0.25) is 0 Å². The Kier molecular flexibility index (Phi) is 4.90. The van der Waals surface area contributed by atoms with Gasteiger partial charge in [0.15, 0.2) is 0 Å². The highest BCUT2D eigenvalue weighted by Crippen LogP contribution is 2.17. The minimum atomic E-state index is -0.221. The van der Waals surface area contributed by atoms with E-state index < -0.39 is 0 Å². The number of nitriles is 1. The van der Waals surface area contributed by atoms with Gasteiger partial charge < -0.3 is 10.6 Å². The molecule has 0 saturated carbocycles. The molecule has 2 N–H and O–H groups in total. The van der Waals surface area contributed by atoms with Crippen LogP contribution in [0.4, 0.5) is 5.69 Å². The number of likely N-dealkylation sites (N-methyl/N-ethyl adjacent to an activating group) is 1. The zero-order chi connectivity index (χ0) is 15.2. The number of likely N-dealkylation sites (tertiary alicyclic amines) is 1. The van der Waals surface area contributed by atoms with E-state index in [9.17, 15) is 9.59 Å². The van der Waals surface area contributed by atoms with Gasteiger partial charge in [-0.05, 0) is 43.7 Å². The molecule has 1 aromatic carbocycles. The van der Waals surface area contributed by atoms with Gasteiger partial charge >= 0.3 is 0 Å². The topological polar surface area (TPSA) is 85.2 Å². The summed E-state index contributed by atoms with van der Waals surface area (Å²) < 4.78 is 0. The van der Waals surface area contributed by atoms with Crippen molar-refractivity contribution in [2.24, 2.45) is 0 Å². The Morgan fingerprint density at radius 1 is 1.38 bits per heavy atom. The summed E-state index contributed by atoms with van der Waals surface area (Å²) in [6, 6.07) is 8.49. The van der Waals surface area contributed by atoms with Gasteiger partial charge in [-0.3, -0.25) is 14.5 Å². The standard InChI is InChI=1S/C15H18N4O2/c1-17-15(21)13-3-2-8-19(13)10-14(20)18-12-6-4-11(9-16)5-7-12/h4-7,13H,2-3,8,10H2,1H3,(H,17,21)(H,18,20). The third-order valence-electron chi connectivity index (χ3n) is 3.56. The highest BCUT2D eigenvalue weighted by molar-refractivity contribution is 5.93. The molecule has 1 heterocycles. The maximum atomic E-state index is 12.0. The first kappa shape index (κ1) is 15.0. The smallest absolute Gasteiger partial charge is 0.238 e. The van der Waals surface area contributed by atoms with Gasteiger partial charge in [-0.25, -0.2) is 0 Å². The van der Waals surface area contributed by atoms with Gasteiger partial charge in [0.2, 0.25) is 11.8 Å². The lowest BCUT2D eigenvalue weighted by Crippen LogP contribution is -2.45. The van der Waals surface area contributed by atoms with Gasteiger partial charge in [0, 0.05) is 12.7 Å². The summed E-state index contributed by atoms with van der Waals surface area (Å²) in [6.07, 6.45) is 1.70. The zero-order valence-corrected chi connectivity index (χ0v) is 11.9. The van der Waals surface area contributed by atoms with Crippen LogP contribution in [0.3, 0.4) is 0 Å². The van der Waals surface area contributed by atoms with Crippen LogP contribution in [0.1, 0.15) is 18.4 Å². The predicted octanol–water partition coefficient (Wildman–Crippen LogP) is 0.707. The number of carbonyl (C=O) groups excluding carboxylic acids is 2. The van der Waals surface area contributed by atoms with E-state index in [1.165, 1.54) is 0 Å². The second-order valence-electron chi connectivity index (χ2n) is 4.98. The summed E-state index contributed by atoms with van der Waals surface area (Å²) in [4.78, 5) is 25.6. The number of carbonyl (C=O) groups is 2. The van der Waals surface area contributed by atoms with Crippen LogP contribution in [0.5, 0.6) is 0 Å². The second kappa shape index (κ2) is 6.86. The molecule has 1 fully saturated rings. The molecule has 0 aromatic heterocycles. The summed E-state index contributed by atoms with van der Waals surface area (Å²) in [6.45, 7) is 0.941. The van der Waals surface area contributed by atoms with Gasteiger partial charge in [0.05, 0.1) is 24.2 Å². The molecule has 2 rings (SSSR count). The van der Waals surface area contributed by atoms with E-state index in [1.807, 2.05) is 11.0 Å². The highest BCUT2D eigenvalue weighted by atomic mass is 16.2. The summed E-state index contributed by atoms with van der Waals surface area (Å²) in [5.74, 6) is -0.200. The van der Waals surface area contributed by atoms with Gasteiger partial charge in [-0.15, -0.1) is 0 Å². The zero-order valence-electron chi connectivity index (χ0n) is 11.9. The second-order valence-corrected chi connectivity index (χ2v) is 4.98. The van der Waals surface area contributed by atoms with Gasteiger partial charge in [-0.1, -0.05) is 0 Å². The fourth-order valence-electron chi connectivity index (χ4n) is 2.49. The van der Waals surface area contributed by atoms with E-state index in [4.69, 9.17) is 5.26 Å². The number of nitrogens with zero attached hydrogens (tertiary/aromatic N) is 2. The Balaban J connectivity index is 1.92. The average Bonchev–Trinajstić information content (AvgIpc) is 2.95. The number of hydrogen-bond acceptors (Lipinski definition) is 4. The van der Waals surface area contributed by atoms with E-state index in [2.05, 4.69) is 10.6 Å². The van der Waals surface area contributed by atoms with Gasteiger partial charge in [0.25, 0.3) is 0 Å². The molecule has 1 aliphatic rings. The first-order valence-corrected chi connectivity index (χ1v) is 6.89. The molecule has 6 heteroatoms. The third-order valence-corrected chi connectivity index (χ3v) is 3.56. The van der Waals surface area contributed by atoms with Crippen molar-refractivity contribution in [2.45, 2.75) is 18.9 Å². The van der Waals surface area contributed by atoms with Crippen molar-refractivity contribution >= 4 is 17.5 Å². The molecule has 21 heavy (non-hydrogen) atoms. The van der Waals surface area contributed by atoms with Gasteiger partial charge in [-0.2, -0.15) is 5.26 Å². The number of hydrogen-bond donors (Lipinski definition) is 2. The molecule has 1 saturated heterocycles. The van der Waals surface area contributed by atoms with Crippen molar-refractivity contribution in [1.82, 2.24) is 10.2 Å². The lowest BCUT2D eigenvalue weighted by Gasteiger charge is -2.22. The average molecular weight is 286 g/mol. The van der Waals surface area contributed by atoms with Crippen molar-refractivity contribution < 1.29 is 9.59 Å². The van der Waals surface area contributed by atoms with Crippen LogP contribution in [0.15, 0.2) is 24.3 Å².